The van der Waals surface area contributed by atoms with Crippen molar-refractivity contribution in [1.82, 2.24) is 9.78 Å². The van der Waals surface area contributed by atoms with Crippen molar-refractivity contribution in [3.8, 4) is 0 Å². The summed E-state index contributed by atoms with van der Waals surface area (Å²) in [6.45, 7) is 8.17. The van der Waals surface area contributed by atoms with Gasteiger partial charge in [0.1, 0.15) is 12.4 Å². The summed E-state index contributed by atoms with van der Waals surface area (Å²) in [5.41, 5.74) is -0.709. The lowest BCUT2D eigenvalue weighted by atomic mass is 10.1. The summed E-state index contributed by atoms with van der Waals surface area (Å²) in [7, 11) is -1.27. The Kier molecular flexibility index (Phi) is 5.29. The van der Waals surface area contributed by atoms with Crippen molar-refractivity contribution in [1.29, 1.82) is 0 Å². The van der Waals surface area contributed by atoms with Gasteiger partial charge in [0.2, 0.25) is 0 Å². The number of hydrogen-bond donors (Lipinski definition) is 0. The van der Waals surface area contributed by atoms with Gasteiger partial charge in [-0.25, -0.2) is 13.5 Å². The zero-order chi connectivity index (χ0) is 18.1. The van der Waals surface area contributed by atoms with Crippen LogP contribution in [0.1, 0.15) is 17.4 Å². The molecule has 2 aromatic rings. The minimum Gasteiger partial charge on any atom is -0.359 e. The standard InChI is InChI=1S/C16H20F2N2O3Si/c1-10(21)15-11-7-13(17)14(18)8-12(11)16(22)20(19-15)9-23-5-6-24(2,3)4/h7-8H,5-6,9H2,1-4H3. The van der Waals surface area contributed by atoms with Crippen LogP contribution in [0.15, 0.2) is 16.9 Å². The second kappa shape index (κ2) is 6.90. The summed E-state index contributed by atoms with van der Waals surface area (Å²) in [5.74, 6) is -2.72. The van der Waals surface area contributed by atoms with E-state index in [-0.39, 0.29) is 23.2 Å². The van der Waals surface area contributed by atoms with Gasteiger partial charge in [0, 0.05) is 27.0 Å². The molecule has 130 valence electrons. The smallest absolute Gasteiger partial charge is 0.276 e. The van der Waals surface area contributed by atoms with Crippen LogP contribution in [0, 0.1) is 11.6 Å². The van der Waals surface area contributed by atoms with Gasteiger partial charge in [0.05, 0.1) is 5.39 Å². The molecule has 0 bridgehead atoms. The second-order valence-corrected chi connectivity index (χ2v) is 12.5. The summed E-state index contributed by atoms with van der Waals surface area (Å²) in [4.78, 5) is 24.1. The molecule has 0 saturated carbocycles. The lowest BCUT2D eigenvalue weighted by molar-refractivity contribution is 0.0745. The van der Waals surface area contributed by atoms with Crippen molar-refractivity contribution in [2.24, 2.45) is 0 Å². The predicted molar refractivity (Wildman–Crippen MR) is 90.0 cm³/mol. The maximum Gasteiger partial charge on any atom is 0.276 e. The first-order chi connectivity index (χ1) is 11.1. The zero-order valence-electron chi connectivity index (χ0n) is 14.2. The third-order valence-corrected chi connectivity index (χ3v) is 5.25. The molecule has 0 unspecified atom stereocenters. The number of fused-ring (bicyclic) bond motifs is 1. The maximum absolute atomic E-state index is 13.5. The Balaban J connectivity index is 2.41. The second-order valence-electron chi connectivity index (χ2n) is 6.87. The van der Waals surface area contributed by atoms with Gasteiger partial charge in [-0.2, -0.15) is 5.10 Å². The molecule has 0 spiro atoms. The molecule has 8 heteroatoms. The molecule has 0 fully saturated rings. The topological polar surface area (TPSA) is 61.2 Å². The minimum absolute atomic E-state index is 0.00440. The molecule has 2 rings (SSSR count). The highest BCUT2D eigenvalue weighted by atomic mass is 28.3. The first-order valence-electron chi connectivity index (χ1n) is 7.59. The Morgan fingerprint density at radius 2 is 1.79 bits per heavy atom. The quantitative estimate of drug-likeness (QED) is 0.454. The van der Waals surface area contributed by atoms with Crippen molar-refractivity contribution in [2.75, 3.05) is 6.61 Å². The Labute approximate surface area is 139 Å². The Morgan fingerprint density at radius 3 is 2.33 bits per heavy atom. The number of aromatic nitrogens is 2. The number of nitrogens with zero attached hydrogens (tertiary/aromatic N) is 2. The molecule has 0 atom stereocenters. The van der Waals surface area contributed by atoms with Crippen LogP contribution in [-0.4, -0.2) is 30.2 Å². The summed E-state index contributed by atoms with van der Waals surface area (Å²) >= 11 is 0. The average molecular weight is 354 g/mol. The van der Waals surface area contributed by atoms with Crippen molar-refractivity contribution < 1.29 is 18.3 Å². The number of ketones is 1. The fourth-order valence-electron chi connectivity index (χ4n) is 2.16. The van der Waals surface area contributed by atoms with E-state index in [1.165, 1.54) is 6.92 Å². The van der Waals surface area contributed by atoms with E-state index in [1.807, 2.05) is 0 Å². The fourth-order valence-corrected chi connectivity index (χ4v) is 2.91. The van der Waals surface area contributed by atoms with Gasteiger partial charge < -0.3 is 4.74 Å². The highest BCUT2D eigenvalue weighted by molar-refractivity contribution is 6.76. The Morgan fingerprint density at radius 1 is 1.21 bits per heavy atom. The van der Waals surface area contributed by atoms with Crippen LogP contribution < -0.4 is 5.56 Å². The molecule has 0 saturated heterocycles. The lowest BCUT2D eigenvalue weighted by Gasteiger charge is -2.16. The highest BCUT2D eigenvalue weighted by Gasteiger charge is 2.17. The van der Waals surface area contributed by atoms with E-state index in [1.54, 1.807) is 0 Å². The van der Waals surface area contributed by atoms with Crippen LogP contribution in [0.5, 0.6) is 0 Å². The normalized spacial score (nSPS) is 11.9. The maximum atomic E-state index is 13.5. The number of benzene rings is 1. The fraction of sp³-hybridized carbons (Fsp3) is 0.438. The van der Waals surface area contributed by atoms with Gasteiger partial charge in [-0.1, -0.05) is 19.6 Å². The van der Waals surface area contributed by atoms with E-state index < -0.39 is 31.1 Å². The molecular weight excluding hydrogens is 334 g/mol. The zero-order valence-corrected chi connectivity index (χ0v) is 15.2. The Bertz CT molecular complexity index is 844. The van der Waals surface area contributed by atoms with Crippen molar-refractivity contribution >= 4 is 24.6 Å². The van der Waals surface area contributed by atoms with Crippen molar-refractivity contribution in [3.05, 3.63) is 39.8 Å². The van der Waals surface area contributed by atoms with E-state index in [2.05, 4.69) is 24.7 Å². The van der Waals surface area contributed by atoms with E-state index in [4.69, 9.17) is 4.74 Å². The van der Waals surface area contributed by atoms with Gasteiger partial charge in [0.15, 0.2) is 17.4 Å². The molecule has 1 aromatic carbocycles. The molecule has 24 heavy (non-hydrogen) atoms. The first kappa shape index (κ1) is 18.4. The summed E-state index contributed by atoms with van der Waals surface area (Å²) < 4.78 is 33.4. The number of carbonyl (C=O) groups is 1. The molecular formula is C16H20F2N2O3Si. The van der Waals surface area contributed by atoms with Gasteiger partial charge >= 0.3 is 0 Å². The third kappa shape index (κ3) is 4.12. The van der Waals surface area contributed by atoms with Crippen LogP contribution >= 0.6 is 0 Å². The molecule has 5 nitrogen and oxygen atoms in total. The van der Waals surface area contributed by atoms with Gasteiger partial charge in [-0.05, 0) is 18.2 Å². The van der Waals surface area contributed by atoms with E-state index in [0.29, 0.717) is 6.61 Å². The van der Waals surface area contributed by atoms with E-state index >= 15 is 0 Å². The van der Waals surface area contributed by atoms with Crippen LogP contribution in [0.4, 0.5) is 8.78 Å². The molecule has 0 aliphatic carbocycles. The number of carbonyl (C=O) groups excluding carboxylic acids is 1. The van der Waals surface area contributed by atoms with Crippen LogP contribution in [-0.2, 0) is 11.5 Å². The van der Waals surface area contributed by atoms with E-state index in [0.717, 1.165) is 22.9 Å². The monoisotopic (exact) mass is 354 g/mol. The number of rotatable bonds is 6. The van der Waals surface area contributed by atoms with E-state index in [9.17, 15) is 18.4 Å². The average Bonchev–Trinajstić information content (AvgIpc) is 2.46. The highest BCUT2D eigenvalue weighted by Crippen LogP contribution is 2.18. The van der Waals surface area contributed by atoms with Gasteiger partial charge in [-0.3, -0.25) is 9.59 Å². The number of hydrogen-bond acceptors (Lipinski definition) is 4. The molecule has 0 N–H and O–H groups in total. The number of Topliss-reactive ketones (excluding diaryl/α,β-unsaturated/α-hetero) is 1. The molecule has 0 amide bonds. The lowest BCUT2D eigenvalue weighted by Crippen LogP contribution is -2.28. The third-order valence-electron chi connectivity index (χ3n) is 3.54. The van der Waals surface area contributed by atoms with Gasteiger partial charge in [0.25, 0.3) is 5.56 Å². The van der Waals surface area contributed by atoms with Crippen LogP contribution in [0.25, 0.3) is 10.8 Å². The molecule has 0 aliphatic heterocycles. The summed E-state index contributed by atoms with van der Waals surface area (Å²) in [5, 5.41) is 3.87. The molecule has 0 radical (unpaired) electrons. The van der Waals surface area contributed by atoms with Gasteiger partial charge in [-0.15, -0.1) is 0 Å². The first-order valence-corrected chi connectivity index (χ1v) is 11.3. The van der Waals surface area contributed by atoms with Crippen LogP contribution in [0.3, 0.4) is 0 Å². The summed E-state index contributed by atoms with van der Waals surface area (Å²) in [6, 6.07) is 2.53. The molecule has 1 heterocycles. The van der Waals surface area contributed by atoms with Crippen molar-refractivity contribution in [2.45, 2.75) is 39.3 Å². The summed E-state index contributed by atoms with van der Waals surface area (Å²) in [6.07, 6.45) is 0. The van der Waals surface area contributed by atoms with Crippen molar-refractivity contribution in [3.63, 3.8) is 0 Å². The largest absolute Gasteiger partial charge is 0.359 e. The Hall–Kier alpha value is -1.93. The number of ether oxygens (including phenoxy) is 1. The number of halogens is 2. The van der Waals surface area contributed by atoms with Crippen LogP contribution in [0.2, 0.25) is 25.7 Å². The molecule has 1 aromatic heterocycles. The molecule has 0 aliphatic rings. The predicted octanol–water partition coefficient (Wildman–Crippen LogP) is 3.19. The SMILES string of the molecule is CC(=O)c1nn(COCC[Si](C)(C)C)c(=O)c2cc(F)c(F)cc12. The minimum atomic E-state index is -1.27.